The van der Waals surface area contributed by atoms with Gasteiger partial charge in [-0.2, -0.15) is 0 Å². The van der Waals surface area contributed by atoms with Crippen molar-refractivity contribution in [1.82, 2.24) is 5.32 Å². The highest BCUT2D eigenvalue weighted by atomic mass is 32.2. The Labute approximate surface area is 93.3 Å². The van der Waals surface area contributed by atoms with Gasteiger partial charge in [0.1, 0.15) is 0 Å². The van der Waals surface area contributed by atoms with Crippen molar-refractivity contribution in [2.75, 3.05) is 13.1 Å². The summed E-state index contributed by atoms with van der Waals surface area (Å²) in [4.78, 5) is 0.763. The van der Waals surface area contributed by atoms with E-state index < -0.39 is 11.6 Å². The van der Waals surface area contributed by atoms with Crippen LogP contribution >= 0.6 is 11.8 Å². The van der Waals surface area contributed by atoms with Crippen LogP contribution in [0, 0.1) is 11.6 Å². The minimum Gasteiger partial charge on any atom is -0.316 e. The Morgan fingerprint density at radius 2 is 2.07 bits per heavy atom. The molecule has 0 radical (unpaired) electrons. The fraction of sp³-hybridized carbons (Fsp3) is 0.455. The first-order valence-corrected chi connectivity index (χ1v) is 5.84. The molecule has 0 aliphatic rings. The molecule has 1 aromatic carbocycles. The van der Waals surface area contributed by atoms with Crippen LogP contribution in [-0.4, -0.2) is 18.3 Å². The average molecular weight is 231 g/mol. The zero-order valence-electron chi connectivity index (χ0n) is 8.89. The summed E-state index contributed by atoms with van der Waals surface area (Å²) >= 11 is 1.54. The predicted octanol–water partition coefficient (Wildman–Crippen LogP) is 3.05. The van der Waals surface area contributed by atoms with Crippen molar-refractivity contribution < 1.29 is 8.78 Å². The van der Waals surface area contributed by atoms with E-state index in [2.05, 4.69) is 12.2 Å². The van der Waals surface area contributed by atoms with Crippen LogP contribution in [0.5, 0.6) is 0 Å². The molecule has 0 fully saturated rings. The van der Waals surface area contributed by atoms with E-state index >= 15 is 0 Å². The maximum absolute atomic E-state index is 12.9. The molecule has 0 heterocycles. The highest BCUT2D eigenvalue weighted by molar-refractivity contribution is 8.00. The molecule has 84 valence electrons. The Hall–Kier alpha value is -0.610. The largest absolute Gasteiger partial charge is 0.316 e. The Kier molecular flexibility index (Phi) is 5.05. The van der Waals surface area contributed by atoms with Crippen molar-refractivity contribution in [3.05, 3.63) is 29.8 Å². The summed E-state index contributed by atoms with van der Waals surface area (Å²) in [7, 11) is 0. The van der Waals surface area contributed by atoms with Crippen molar-refractivity contribution in [2.45, 2.75) is 24.0 Å². The van der Waals surface area contributed by atoms with Gasteiger partial charge in [-0.1, -0.05) is 13.8 Å². The molecule has 4 heteroatoms. The van der Waals surface area contributed by atoms with E-state index in [9.17, 15) is 8.78 Å². The molecule has 0 aliphatic carbocycles. The van der Waals surface area contributed by atoms with Crippen LogP contribution in [0.2, 0.25) is 0 Å². The molecule has 1 atom stereocenters. The van der Waals surface area contributed by atoms with Gasteiger partial charge in [-0.05, 0) is 24.7 Å². The standard InChI is InChI=1S/C11H15F2NS/c1-3-14-7-8(2)15-9-4-5-10(12)11(13)6-9/h4-6,8,14H,3,7H2,1-2H3. The van der Waals surface area contributed by atoms with E-state index in [1.54, 1.807) is 6.07 Å². The van der Waals surface area contributed by atoms with Crippen LogP contribution in [0.25, 0.3) is 0 Å². The molecule has 15 heavy (non-hydrogen) atoms. The van der Waals surface area contributed by atoms with E-state index in [4.69, 9.17) is 0 Å². The topological polar surface area (TPSA) is 12.0 Å². The predicted molar refractivity (Wildman–Crippen MR) is 60.2 cm³/mol. The fourth-order valence-corrected chi connectivity index (χ4v) is 2.16. The smallest absolute Gasteiger partial charge is 0.159 e. The van der Waals surface area contributed by atoms with Gasteiger partial charge in [-0.15, -0.1) is 11.8 Å². The van der Waals surface area contributed by atoms with Gasteiger partial charge in [0, 0.05) is 16.7 Å². The minimum atomic E-state index is -0.793. The Balaban J connectivity index is 2.53. The summed E-state index contributed by atoms with van der Waals surface area (Å²) < 4.78 is 25.5. The molecule has 1 unspecified atom stereocenters. The third-order valence-corrected chi connectivity index (χ3v) is 3.01. The van der Waals surface area contributed by atoms with Crippen molar-refractivity contribution in [3.8, 4) is 0 Å². The summed E-state index contributed by atoms with van der Waals surface area (Å²) in [5.41, 5.74) is 0. The number of rotatable bonds is 5. The number of hydrogen-bond acceptors (Lipinski definition) is 2. The lowest BCUT2D eigenvalue weighted by Crippen LogP contribution is -2.21. The lowest BCUT2D eigenvalue weighted by molar-refractivity contribution is 0.506. The summed E-state index contributed by atoms with van der Waals surface area (Å²) in [6, 6.07) is 4.01. The molecule has 0 aliphatic heterocycles. The third-order valence-electron chi connectivity index (χ3n) is 1.91. The SMILES string of the molecule is CCNCC(C)Sc1ccc(F)c(F)c1. The van der Waals surface area contributed by atoms with E-state index in [1.165, 1.54) is 17.8 Å². The van der Waals surface area contributed by atoms with Crippen LogP contribution in [0.4, 0.5) is 8.78 Å². The molecule has 0 saturated carbocycles. The Morgan fingerprint density at radius 1 is 1.33 bits per heavy atom. The summed E-state index contributed by atoms with van der Waals surface area (Å²) in [6.45, 7) is 5.87. The molecule has 0 spiro atoms. The highest BCUT2D eigenvalue weighted by Crippen LogP contribution is 2.24. The third kappa shape index (κ3) is 4.18. The van der Waals surface area contributed by atoms with Gasteiger partial charge in [0.05, 0.1) is 0 Å². The van der Waals surface area contributed by atoms with Gasteiger partial charge in [-0.3, -0.25) is 0 Å². The normalized spacial score (nSPS) is 12.8. The molecular weight excluding hydrogens is 216 g/mol. The van der Waals surface area contributed by atoms with Gasteiger partial charge in [0.15, 0.2) is 11.6 Å². The lowest BCUT2D eigenvalue weighted by atomic mass is 10.3. The van der Waals surface area contributed by atoms with Crippen LogP contribution in [0.1, 0.15) is 13.8 Å². The van der Waals surface area contributed by atoms with Crippen LogP contribution in [0.3, 0.4) is 0 Å². The van der Waals surface area contributed by atoms with Crippen molar-refractivity contribution >= 4 is 11.8 Å². The quantitative estimate of drug-likeness (QED) is 0.782. The lowest BCUT2D eigenvalue weighted by Gasteiger charge is -2.11. The monoisotopic (exact) mass is 231 g/mol. The van der Waals surface area contributed by atoms with E-state index in [0.29, 0.717) is 5.25 Å². The zero-order valence-corrected chi connectivity index (χ0v) is 9.70. The van der Waals surface area contributed by atoms with Crippen LogP contribution < -0.4 is 5.32 Å². The van der Waals surface area contributed by atoms with E-state index in [0.717, 1.165) is 24.1 Å². The second kappa shape index (κ2) is 6.08. The van der Waals surface area contributed by atoms with Gasteiger partial charge < -0.3 is 5.32 Å². The van der Waals surface area contributed by atoms with Crippen LogP contribution in [-0.2, 0) is 0 Å². The van der Waals surface area contributed by atoms with Gasteiger partial charge in [0.2, 0.25) is 0 Å². The minimum absolute atomic E-state index is 0.342. The first kappa shape index (κ1) is 12.5. The maximum Gasteiger partial charge on any atom is 0.159 e. The first-order chi connectivity index (χ1) is 7.13. The Bertz CT molecular complexity index is 317. The number of thioether (sulfide) groups is 1. The molecular formula is C11H15F2NS. The summed E-state index contributed by atoms with van der Waals surface area (Å²) in [6.07, 6.45) is 0. The second-order valence-corrected chi connectivity index (χ2v) is 4.82. The number of nitrogens with one attached hydrogen (secondary N) is 1. The molecule has 0 amide bonds. The second-order valence-electron chi connectivity index (χ2n) is 3.31. The van der Waals surface area contributed by atoms with Crippen molar-refractivity contribution in [3.63, 3.8) is 0 Å². The molecule has 0 aromatic heterocycles. The molecule has 0 saturated heterocycles. The first-order valence-electron chi connectivity index (χ1n) is 4.96. The molecule has 1 N–H and O–H groups in total. The average Bonchev–Trinajstić information content (AvgIpc) is 2.20. The van der Waals surface area contributed by atoms with Gasteiger partial charge in [0.25, 0.3) is 0 Å². The van der Waals surface area contributed by atoms with E-state index in [1.807, 2.05) is 6.92 Å². The van der Waals surface area contributed by atoms with Gasteiger partial charge >= 0.3 is 0 Å². The van der Waals surface area contributed by atoms with Gasteiger partial charge in [-0.25, -0.2) is 8.78 Å². The van der Waals surface area contributed by atoms with Crippen LogP contribution in [0.15, 0.2) is 23.1 Å². The molecule has 1 aromatic rings. The zero-order chi connectivity index (χ0) is 11.3. The molecule has 1 rings (SSSR count). The summed E-state index contributed by atoms with van der Waals surface area (Å²) in [5, 5.41) is 3.55. The highest BCUT2D eigenvalue weighted by Gasteiger charge is 2.06. The number of benzene rings is 1. The molecule has 1 nitrogen and oxygen atoms in total. The Morgan fingerprint density at radius 3 is 2.67 bits per heavy atom. The number of halogens is 2. The van der Waals surface area contributed by atoms with Crippen molar-refractivity contribution in [2.24, 2.45) is 0 Å². The van der Waals surface area contributed by atoms with E-state index in [-0.39, 0.29) is 0 Å². The fourth-order valence-electron chi connectivity index (χ4n) is 1.17. The number of hydrogen-bond donors (Lipinski definition) is 1. The molecule has 0 bridgehead atoms. The van der Waals surface area contributed by atoms with Crippen molar-refractivity contribution in [1.29, 1.82) is 0 Å². The summed E-state index contributed by atoms with van der Waals surface area (Å²) in [5.74, 6) is -1.57. The maximum atomic E-state index is 12.9.